The Labute approximate surface area is 554 Å². The summed E-state index contributed by atoms with van der Waals surface area (Å²) in [5.41, 5.74) is 23.1. The molecule has 0 aliphatic heterocycles. The van der Waals surface area contributed by atoms with Gasteiger partial charge in [0, 0.05) is 67.0 Å². The monoisotopic (exact) mass is 1220 g/mol. The van der Waals surface area contributed by atoms with Crippen molar-refractivity contribution in [2.24, 2.45) is 0 Å². The number of hydrogen-bond acceptors (Lipinski definition) is 2. The van der Waals surface area contributed by atoms with Gasteiger partial charge in [0.05, 0.1) is 22.1 Å². The van der Waals surface area contributed by atoms with E-state index in [-0.39, 0.29) is 21.7 Å². The van der Waals surface area contributed by atoms with Gasteiger partial charge >= 0.3 is 0 Å². The minimum absolute atomic E-state index is 0.115. The molecule has 0 spiro atoms. The zero-order valence-corrected chi connectivity index (χ0v) is 56.3. The van der Waals surface area contributed by atoms with Gasteiger partial charge in [-0.05, 0) is 209 Å². The van der Waals surface area contributed by atoms with Crippen LogP contribution in [0.15, 0.2) is 279 Å². The van der Waals surface area contributed by atoms with E-state index in [1.54, 1.807) is 0 Å². The van der Waals surface area contributed by atoms with E-state index >= 15 is 0 Å². The Morgan fingerprint density at radius 3 is 0.819 bits per heavy atom. The van der Waals surface area contributed by atoms with Crippen molar-refractivity contribution in [3.63, 3.8) is 0 Å². The minimum Gasteiger partial charge on any atom is -0.310 e. The third-order valence-electron chi connectivity index (χ3n) is 19.4. The van der Waals surface area contributed by atoms with Crippen LogP contribution in [0.5, 0.6) is 0 Å². The first-order valence-electron chi connectivity index (χ1n) is 33.4. The number of nitrogens with zero attached hydrogens (tertiary/aromatic N) is 4. The molecular formula is C90H82N4. The third-order valence-corrected chi connectivity index (χ3v) is 19.4. The summed E-state index contributed by atoms with van der Waals surface area (Å²) in [5.74, 6) is 0. The number of benzene rings is 13. The van der Waals surface area contributed by atoms with Gasteiger partial charge < -0.3 is 18.9 Å². The van der Waals surface area contributed by atoms with Gasteiger partial charge in [-0.2, -0.15) is 0 Å². The summed E-state index contributed by atoms with van der Waals surface area (Å²) >= 11 is 0. The zero-order valence-electron chi connectivity index (χ0n) is 56.3. The molecule has 15 rings (SSSR count). The maximum Gasteiger partial charge on any atom is 0.0542 e. The number of fused-ring (bicyclic) bond motifs is 8. The van der Waals surface area contributed by atoms with Crippen LogP contribution in [0.2, 0.25) is 0 Å². The molecule has 0 radical (unpaired) electrons. The second kappa shape index (κ2) is 22.7. The fourth-order valence-corrected chi connectivity index (χ4v) is 14.3. The first kappa shape index (κ1) is 59.9. The summed E-state index contributed by atoms with van der Waals surface area (Å²) in [6, 6.07) is 105. The Kier molecular flexibility index (Phi) is 14.5. The van der Waals surface area contributed by atoms with Gasteiger partial charge in [-0.3, -0.25) is 0 Å². The Morgan fingerprint density at radius 1 is 0.213 bits per heavy atom. The van der Waals surface area contributed by atoms with E-state index in [1.807, 2.05) is 0 Å². The number of aromatic nitrogens is 2. The fraction of sp³-hybridized carbons (Fsp3) is 0.178. The number of para-hydroxylation sites is 4. The molecule has 4 nitrogen and oxygen atoms in total. The van der Waals surface area contributed by atoms with Gasteiger partial charge in [0.2, 0.25) is 0 Å². The highest BCUT2D eigenvalue weighted by molar-refractivity contribution is 6.23. The molecule has 0 amide bonds. The van der Waals surface area contributed by atoms with Crippen molar-refractivity contribution in [3.05, 3.63) is 301 Å². The molecule has 0 atom stereocenters. The molecule has 0 unspecified atom stereocenters. The fourth-order valence-electron chi connectivity index (χ4n) is 14.3. The van der Waals surface area contributed by atoms with E-state index in [0.717, 1.165) is 45.5 Å². The predicted molar refractivity (Wildman–Crippen MR) is 405 cm³/mol. The highest BCUT2D eigenvalue weighted by Crippen LogP contribution is 2.51. The van der Waals surface area contributed by atoms with Crippen LogP contribution >= 0.6 is 0 Å². The first-order valence-corrected chi connectivity index (χ1v) is 33.4. The van der Waals surface area contributed by atoms with Crippen LogP contribution in [0.3, 0.4) is 0 Å². The Hall–Kier alpha value is -10.4. The molecule has 0 fully saturated rings. The predicted octanol–water partition coefficient (Wildman–Crippen LogP) is 25.7. The lowest BCUT2D eigenvalue weighted by molar-refractivity contribution is 0.568. The van der Waals surface area contributed by atoms with Crippen LogP contribution in [0.1, 0.15) is 105 Å². The molecule has 0 saturated carbocycles. The lowest BCUT2D eigenvalue weighted by Crippen LogP contribution is -2.19. The van der Waals surface area contributed by atoms with E-state index in [1.165, 1.54) is 110 Å². The topological polar surface area (TPSA) is 16.3 Å². The molecule has 0 saturated heterocycles. The van der Waals surface area contributed by atoms with Crippen molar-refractivity contribution < 1.29 is 0 Å². The van der Waals surface area contributed by atoms with Gasteiger partial charge in [-0.15, -0.1) is 0 Å². The number of rotatable bonds is 10. The molecule has 4 heteroatoms. The molecule has 0 aliphatic carbocycles. The maximum absolute atomic E-state index is 2.53. The van der Waals surface area contributed by atoms with Gasteiger partial charge in [0.25, 0.3) is 0 Å². The van der Waals surface area contributed by atoms with Crippen molar-refractivity contribution in [1.29, 1.82) is 0 Å². The number of hydrogen-bond donors (Lipinski definition) is 0. The average Bonchev–Trinajstić information content (AvgIpc) is 1.53. The van der Waals surface area contributed by atoms with E-state index in [2.05, 4.69) is 381 Å². The normalized spacial score (nSPS) is 12.5. The van der Waals surface area contributed by atoms with Crippen molar-refractivity contribution in [2.45, 2.75) is 105 Å². The van der Waals surface area contributed by atoms with Crippen LogP contribution in [0, 0.1) is 0 Å². The van der Waals surface area contributed by atoms with Crippen molar-refractivity contribution >= 4 is 99.3 Å². The number of anilines is 6. The van der Waals surface area contributed by atoms with Crippen LogP contribution in [0.4, 0.5) is 34.1 Å². The summed E-state index contributed by atoms with van der Waals surface area (Å²) in [6.45, 7) is 28.1. The summed E-state index contributed by atoms with van der Waals surface area (Å²) in [5, 5.41) is 9.58. The molecule has 462 valence electrons. The molecular weight excluding hydrogens is 1140 g/mol. The Bertz CT molecular complexity index is 4990. The summed E-state index contributed by atoms with van der Waals surface area (Å²) in [4.78, 5) is 5.07. The van der Waals surface area contributed by atoms with Gasteiger partial charge in [-0.1, -0.05) is 241 Å². The first-order chi connectivity index (χ1) is 45.2. The Balaban J connectivity index is 1.02. The van der Waals surface area contributed by atoms with E-state index in [4.69, 9.17) is 0 Å². The Morgan fingerprint density at radius 2 is 0.489 bits per heavy atom. The largest absolute Gasteiger partial charge is 0.310 e. The maximum atomic E-state index is 2.53. The molecule has 94 heavy (non-hydrogen) atoms. The van der Waals surface area contributed by atoms with Gasteiger partial charge in [0.15, 0.2) is 0 Å². The summed E-state index contributed by atoms with van der Waals surface area (Å²) in [7, 11) is 0. The van der Waals surface area contributed by atoms with E-state index in [9.17, 15) is 0 Å². The standard InChI is InChI=1S/C90H82N4/c1-87(2,3)61-49-62(88(4,5)6)52-71(51-61)91(69-43-47-83-77(55-69)73-37-25-27-39-81(73)93(83)65-33-21-15-22-34-65)67-41-45-75-79(57-67)85(59-29-17-13-18-30-59)76-46-42-68(58-80(76)86(75)60-31-19-14-20-32-60)92(72-53-63(89(7,8)9)50-64(54-72)90(10,11)12)70-44-48-84-78(56-70)74-38-26-28-40-82(74)94(84)66-35-23-16-24-36-66/h13-58H,1-12H3. The van der Waals surface area contributed by atoms with Crippen LogP contribution in [-0.4, -0.2) is 9.13 Å². The molecule has 13 aromatic carbocycles. The third kappa shape index (κ3) is 10.6. The zero-order chi connectivity index (χ0) is 65.0. The van der Waals surface area contributed by atoms with Gasteiger partial charge in [-0.25, -0.2) is 0 Å². The van der Waals surface area contributed by atoms with E-state index < -0.39 is 0 Å². The molecule has 15 aromatic rings. The van der Waals surface area contributed by atoms with E-state index in [0.29, 0.717) is 0 Å². The SMILES string of the molecule is CC(C)(C)c1cc(N(c2ccc3c(-c4ccccc4)c4cc(N(c5cc(C(C)(C)C)cc(C(C)(C)C)c5)c5ccc6c(c5)c5ccccc5n6-c5ccccc5)ccc4c(-c4ccccc4)c3c2)c2ccc3c(c2)c2ccccc2n3-c2ccccc2)cc(C(C)(C)C)c1. The van der Waals surface area contributed by atoms with Crippen LogP contribution in [0.25, 0.3) is 98.8 Å². The summed E-state index contributed by atoms with van der Waals surface area (Å²) in [6.07, 6.45) is 0. The smallest absolute Gasteiger partial charge is 0.0542 e. The lowest BCUT2D eigenvalue weighted by atomic mass is 9.80. The highest BCUT2D eigenvalue weighted by Gasteiger charge is 2.29. The minimum atomic E-state index is -0.115. The van der Waals surface area contributed by atoms with Crippen LogP contribution < -0.4 is 9.80 Å². The molecule has 0 bridgehead atoms. The quantitative estimate of drug-likeness (QED) is 0.127. The van der Waals surface area contributed by atoms with Gasteiger partial charge in [0.1, 0.15) is 0 Å². The highest BCUT2D eigenvalue weighted by atomic mass is 15.2. The second-order valence-corrected chi connectivity index (χ2v) is 29.9. The van der Waals surface area contributed by atoms with Crippen LogP contribution in [-0.2, 0) is 21.7 Å². The molecule has 0 aliphatic rings. The second-order valence-electron chi connectivity index (χ2n) is 29.9. The summed E-state index contributed by atoms with van der Waals surface area (Å²) < 4.78 is 4.83. The molecule has 2 aromatic heterocycles. The van der Waals surface area contributed by atoms with Crippen molar-refractivity contribution in [2.75, 3.05) is 9.80 Å². The van der Waals surface area contributed by atoms with Crippen molar-refractivity contribution in [3.8, 4) is 33.6 Å². The average molecular weight is 1220 g/mol. The molecule has 2 heterocycles. The van der Waals surface area contributed by atoms with Crippen molar-refractivity contribution in [1.82, 2.24) is 9.13 Å². The molecule has 0 N–H and O–H groups in total. The lowest BCUT2D eigenvalue weighted by Gasteiger charge is -2.32.